The maximum absolute atomic E-state index is 10.8. The molecular formula is C14H15N3O2. The maximum atomic E-state index is 10.8. The van der Waals surface area contributed by atoms with E-state index in [1.165, 1.54) is 0 Å². The minimum absolute atomic E-state index is 0.169. The van der Waals surface area contributed by atoms with Gasteiger partial charge in [-0.25, -0.2) is 0 Å². The molecule has 0 amide bonds. The molecule has 1 unspecified atom stereocenters. The molecule has 2 aromatic rings. The molecule has 98 valence electrons. The van der Waals surface area contributed by atoms with Gasteiger partial charge in [-0.05, 0) is 42.3 Å². The summed E-state index contributed by atoms with van der Waals surface area (Å²) in [7, 11) is 0. The Morgan fingerprint density at radius 1 is 1.32 bits per heavy atom. The molecule has 2 rings (SSSR count). The second kappa shape index (κ2) is 5.95. The number of pyridine rings is 1. The summed E-state index contributed by atoms with van der Waals surface area (Å²) in [5, 5.41) is 14.0. The minimum Gasteiger partial charge on any atom is -0.372 e. The average molecular weight is 257 g/mol. The first-order valence-corrected chi connectivity index (χ1v) is 6.00. The van der Waals surface area contributed by atoms with Gasteiger partial charge in [0.05, 0.1) is 0 Å². The number of nitrogens with zero attached hydrogens (tertiary/aromatic N) is 2. The molecule has 1 aromatic heterocycles. The highest BCUT2D eigenvalue weighted by atomic mass is 16.6. The Hall–Kier alpha value is -2.43. The molecule has 0 radical (unpaired) electrons. The van der Waals surface area contributed by atoms with Gasteiger partial charge in [-0.1, -0.05) is 12.1 Å². The number of anilines is 1. The van der Waals surface area contributed by atoms with Crippen molar-refractivity contribution in [3.8, 4) is 0 Å². The summed E-state index contributed by atoms with van der Waals surface area (Å²) in [5.74, 6) is 0. The van der Waals surface area contributed by atoms with Crippen molar-refractivity contribution in [3.63, 3.8) is 0 Å². The Kier molecular flexibility index (Phi) is 4.07. The van der Waals surface area contributed by atoms with Gasteiger partial charge in [0.1, 0.15) is 6.04 Å². The first kappa shape index (κ1) is 13.0. The van der Waals surface area contributed by atoms with Gasteiger partial charge in [-0.15, -0.1) is 0 Å². The van der Waals surface area contributed by atoms with Crippen molar-refractivity contribution in [3.05, 3.63) is 70.0 Å². The molecule has 1 N–H and O–H groups in total. The fraction of sp³-hybridized carbons (Fsp3) is 0.214. The van der Waals surface area contributed by atoms with Crippen LogP contribution in [0.4, 0.5) is 5.69 Å². The lowest BCUT2D eigenvalue weighted by atomic mass is 10.1. The van der Waals surface area contributed by atoms with E-state index in [1.54, 1.807) is 24.5 Å². The third kappa shape index (κ3) is 3.77. The van der Waals surface area contributed by atoms with Crippen LogP contribution in [0.25, 0.3) is 0 Å². The fourth-order valence-electron chi connectivity index (χ4n) is 1.92. The van der Waals surface area contributed by atoms with Crippen LogP contribution in [0.3, 0.4) is 0 Å². The first-order chi connectivity index (χ1) is 9.15. The third-order valence-electron chi connectivity index (χ3n) is 2.80. The average Bonchev–Trinajstić information content (AvgIpc) is 2.38. The van der Waals surface area contributed by atoms with Crippen molar-refractivity contribution in [2.45, 2.75) is 13.0 Å². The van der Waals surface area contributed by atoms with E-state index in [9.17, 15) is 10.1 Å². The van der Waals surface area contributed by atoms with Crippen molar-refractivity contribution < 1.29 is 4.92 Å². The van der Waals surface area contributed by atoms with E-state index >= 15 is 0 Å². The molecule has 1 atom stereocenters. The number of benzene rings is 1. The molecule has 5 heteroatoms. The molecule has 1 aromatic carbocycles. The zero-order valence-electron chi connectivity index (χ0n) is 10.6. The smallest absolute Gasteiger partial charge is 0.227 e. The van der Waals surface area contributed by atoms with Gasteiger partial charge in [0.2, 0.25) is 6.54 Å². The van der Waals surface area contributed by atoms with E-state index in [0.29, 0.717) is 0 Å². The van der Waals surface area contributed by atoms with Crippen molar-refractivity contribution >= 4 is 5.69 Å². The highest BCUT2D eigenvalue weighted by Crippen LogP contribution is 2.20. The summed E-state index contributed by atoms with van der Waals surface area (Å²) >= 11 is 0. The highest BCUT2D eigenvalue weighted by molar-refractivity contribution is 5.47. The van der Waals surface area contributed by atoms with Crippen molar-refractivity contribution in [1.29, 1.82) is 0 Å². The fourth-order valence-corrected chi connectivity index (χ4v) is 1.92. The molecule has 0 aliphatic rings. The molecule has 0 spiro atoms. The van der Waals surface area contributed by atoms with E-state index < -0.39 is 0 Å². The predicted octanol–water partition coefficient (Wildman–Crippen LogP) is 2.82. The van der Waals surface area contributed by atoms with Crippen molar-refractivity contribution in [1.82, 2.24) is 4.98 Å². The number of hydrogen-bond donors (Lipinski definition) is 1. The second-order valence-corrected chi connectivity index (χ2v) is 4.36. The SMILES string of the molecule is Cc1cccc(NC(C[N+](=O)[O-])c2ccncc2)c1. The lowest BCUT2D eigenvalue weighted by molar-refractivity contribution is -0.482. The van der Waals surface area contributed by atoms with Gasteiger partial charge in [0.25, 0.3) is 0 Å². The molecule has 5 nitrogen and oxygen atoms in total. The molecular weight excluding hydrogens is 242 g/mol. The van der Waals surface area contributed by atoms with Crippen molar-refractivity contribution in [2.24, 2.45) is 0 Å². The molecule has 0 saturated carbocycles. The predicted molar refractivity (Wildman–Crippen MR) is 73.6 cm³/mol. The van der Waals surface area contributed by atoms with Gasteiger partial charge in [0.15, 0.2) is 0 Å². The van der Waals surface area contributed by atoms with Crippen LogP contribution in [-0.4, -0.2) is 16.5 Å². The Bertz CT molecular complexity index is 558. The zero-order valence-corrected chi connectivity index (χ0v) is 10.6. The summed E-state index contributed by atoms with van der Waals surface area (Å²) in [6.45, 7) is 1.82. The van der Waals surface area contributed by atoms with E-state index in [2.05, 4.69) is 10.3 Å². The highest BCUT2D eigenvalue weighted by Gasteiger charge is 2.17. The van der Waals surface area contributed by atoms with E-state index in [4.69, 9.17) is 0 Å². The summed E-state index contributed by atoms with van der Waals surface area (Å²) in [5.41, 5.74) is 2.84. The molecule has 0 fully saturated rings. The molecule has 19 heavy (non-hydrogen) atoms. The third-order valence-corrected chi connectivity index (χ3v) is 2.80. The van der Waals surface area contributed by atoms with Crippen LogP contribution >= 0.6 is 0 Å². The van der Waals surface area contributed by atoms with Gasteiger partial charge >= 0.3 is 0 Å². The van der Waals surface area contributed by atoms with Crippen LogP contribution in [0.5, 0.6) is 0 Å². The first-order valence-electron chi connectivity index (χ1n) is 6.00. The monoisotopic (exact) mass is 257 g/mol. The summed E-state index contributed by atoms with van der Waals surface area (Å²) in [6.07, 6.45) is 3.28. The Labute approximate surface area is 111 Å². The number of aromatic nitrogens is 1. The number of aryl methyl sites for hydroxylation is 1. The standard InChI is InChI=1S/C14H15N3O2/c1-11-3-2-4-13(9-11)16-14(10-17(18)19)12-5-7-15-8-6-12/h2-9,14,16H,10H2,1H3. The summed E-state index contributed by atoms with van der Waals surface area (Å²) in [6, 6.07) is 11.0. The largest absolute Gasteiger partial charge is 0.372 e. The van der Waals surface area contributed by atoms with Crippen LogP contribution in [0.1, 0.15) is 17.2 Å². The van der Waals surface area contributed by atoms with Crippen LogP contribution in [-0.2, 0) is 0 Å². The Morgan fingerprint density at radius 2 is 2.05 bits per heavy atom. The van der Waals surface area contributed by atoms with Crippen LogP contribution in [0.2, 0.25) is 0 Å². The van der Waals surface area contributed by atoms with Gasteiger partial charge in [-0.2, -0.15) is 0 Å². The lowest BCUT2D eigenvalue weighted by Gasteiger charge is -2.16. The number of rotatable bonds is 5. The van der Waals surface area contributed by atoms with Crippen LogP contribution < -0.4 is 5.32 Å². The van der Waals surface area contributed by atoms with E-state index in [-0.39, 0.29) is 17.5 Å². The summed E-state index contributed by atoms with van der Waals surface area (Å²) in [4.78, 5) is 14.4. The second-order valence-electron chi connectivity index (χ2n) is 4.36. The number of hydrogen-bond acceptors (Lipinski definition) is 4. The quantitative estimate of drug-likeness (QED) is 0.660. The minimum atomic E-state index is -0.361. The molecule has 0 saturated heterocycles. The molecule has 1 heterocycles. The summed E-state index contributed by atoms with van der Waals surface area (Å²) < 4.78 is 0. The van der Waals surface area contributed by atoms with Gasteiger partial charge in [0, 0.05) is 23.0 Å². The van der Waals surface area contributed by atoms with Crippen LogP contribution in [0.15, 0.2) is 48.8 Å². The molecule has 0 aliphatic carbocycles. The molecule has 0 bridgehead atoms. The topological polar surface area (TPSA) is 68.1 Å². The van der Waals surface area contributed by atoms with Gasteiger partial charge < -0.3 is 5.32 Å². The normalized spacial score (nSPS) is 11.8. The van der Waals surface area contributed by atoms with Crippen molar-refractivity contribution in [2.75, 3.05) is 11.9 Å². The van der Waals surface area contributed by atoms with E-state index in [1.807, 2.05) is 31.2 Å². The number of nitro groups is 1. The Morgan fingerprint density at radius 3 is 2.68 bits per heavy atom. The maximum Gasteiger partial charge on any atom is 0.227 e. The van der Waals surface area contributed by atoms with E-state index in [0.717, 1.165) is 16.8 Å². The molecule has 0 aliphatic heterocycles. The number of nitrogens with one attached hydrogen (secondary N) is 1. The zero-order chi connectivity index (χ0) is 13.7. The lowest BCUT2D eigenvalue weighted by Crippen LogP contribution is -2.20. The Balaban J connectivity index is 2.21. The van der Waals surface area contributed by atoms with Crippen LogP contribution in [0, 0.1) is 17.0 Å². The van der Waals surface area contributed by atoms with Gasteiger partial charge in [-0.3, -0.25) is 15.1 Å².